The van der Waals surface area contributed by atoms with Crippen molar-refractivity contribution >= 4 is 32.4 Å². The fraction of sp³-hybridized carbons (Fsp3) is 0.700. The molecule has 0 fully saturated rings. The average Bonchev–Trinajstić information content (AvgIpc) is 2.57. The van der Waals surface area contributed by atoms with E-state index in [-0.39, 0.29) is 17.3 Å². The van der Waals surface area contributed by atoms with Gasteiger partial charge < -0.3 is 15.7 Å². The summed E-state index contributed by atoms with van der Waals surface area (Å²) in [7, 11) is 0.905. The van der Waals surface area contributed by atoms with Crippen LogP contribution in [0.1, 0.15) is 13.8 Å². The molecule has 1 aromatic heterocycles. The summed E-state index contributed by atoms with van der Waals surface area (Å²) >= 11 is 1.00. The van der Waals surface area contributed by atoms with Crippen LogP contribution in [-0.4, -0.2) is 55.5 Å². The van der Waals surface area contributed by atoms with Gasteiger partial charge in [-0.25, -0.2) is 12.7 Å². The highest BCUT2D eigenvalue weighted by atomic mass is 32.2. The largest absolute Gasteiger partial charge is 0.389 e. The molecular formula is C10H20N4O3S2. The van der Waals surface area contributed by atoms with Gasteiger partial charge in [0.15, 0.2) is 10.7 Å². The van der Waals surface area contributed by atoms with Crippen LogP contribution in [-0.2, 0) is 10.0 Å². The third-order valence-electron chi connectivity index (χ3n) is 2.37. The molecule has 1 rings (SSSR count). The van der Waals surface area contributed by atoms with Gasteiger partial charge in [0, 0.05) is 27.7 Å². The molecule has 0 aliphatic heterocycles. The summed E-state index contributed by atoms with van der Waals surface area (Å²) < 4.78 is 29.5. The molecule has 0 saturated carbocycles. The Kier molecular flexibility index (Phi) is 4.45. The van der Waals surface area contributed by atoms with Gasteiger partial charge >= 0.3 is 0 Å². The first-order valence-corrected chi connectivity index (χ1v) is 7.79. The van der Waals surface area contributed by atoms with E-state index >= 15 is 0 Å². The zero-order chi connectivity index (χ0) is 15.0. The number of aliphatic hydroxyl groups is 1. The number of sulfonamides is 1. The molecule has 0 bridgehead atoms. The molecule has 0 unspecified atom stereocenters. The first kappa shape index (κ1) is 16.2. The molecule has 0 radical (unpaired) electrons. The molecule has 1 heterocycles. The first-order chi connectivity index (χ1) is 8.47. The predicted molar refractivity (Wildman–Crippen MR) is 77.0 cm³/mol. The lowest BCUT2D eigenvalue weighted by atomic mass is 10.1. The normalized spacial score (nSPS) is 13.0. The van der Waals surface area contributed by atoms with Crippen LogP contribution >= 0.6 is 11.5 Å². The number of aromatic nitrogens is 1. The summed E-state index contributed by atoms with van der Waals surface area (Å²) in [4.78, 5) is 1.64. The summed E-state index contributed by atoms with van der Waals surface area (Å²) in [6.45, 7) is 3.56. The zero-order valence-corrected chi connectivity index (χ0v) is 13.3. The monoisotopic (exact) mass is 308 g/mol. The molecule has 9 heteroatoms. The van der Waals surface area contributed by atoms with Crippen molar-refractivity contribution in [3.8, 4) is 0 Å². The molecule has 0 amide bonds. The van der Waals surface area contributed by atoms with Crippen molar-refractivity contribution in [2.45, 2.75) is 24.3 Å². The third kappa shape index (κ3) is 3.56. The Morgan fingerprint density at radius 1 is 1.37 bits per heavy atom. The van der Waals surface area contributed by atoms with E-state index in [0.717, 1.165) is 15.8 Å². The van der Waals surface area contributed by atoms with Crippen LogP contribution in [0.15, 0.2) is 4.90 Å². The smallest absolute Gasteiger partial charge is 0.249 e. The van der Waals surface area contributed by atoms with Crippen LogP contribution in [0.2, 0.25) is 0 Å². The van der Waals surface area contributed by atoms with Crippen LogP contribution in [0.4, 0.5) is 10.8 Å². The quantitative estimate of drug-likeness (QED) is 0.805. The lowest BCUT2D eigenvalue weighted by Crippen LogP contribution is -2.36. The molecule has 110 valence electrons. The Morgan fingerprint density at radius 3 is 2.32 bits per heavy atom. The number of hydrogen-bond donors (Lipinski definition) is 2. The maximum atomic E-state index is 12.2. The highest BCUT2D eigenvalue weighted by molar-refractivity contribution is 7.89. The maximum absolute atomic E-state index is 12.2. The standard InChI is InChI=1S/C10H20N4O3S2/c1-10(2,15)6-14(5)9-7(8(11)12-18-9)19(16,17)13(3)4/h15H,6H2,1-5H3,(H2,11,12). The second-order valence-electron chi connectivity index (χ2n) is 5.16. The van der Waals surface area contributed by atoms with E-state index in [1.54, 1.807) is 25.8 Å². The Labute approximate surface area is 117 Å². The van der Waals surface area contributed by atoms with Crippen LogP contribution in [0.3, 0.4) is 0 Å². The fourth-order valence-corrected chi connectivity index (χ4v) is 3.81. The minimum atomic E-state index is -3.66. The number of nitrogens with two attached hydrogens (primary N) is 1. The summed E-state index contributed by atoms with van der Waals surface area (Å²) in [6, 6.07) is 0. The summed E-state index contributed by atoms with van der Waals surface area (Å²) in [5, 5.41) is 10.2. The average molecular weight is 308 g/mol. The van der Waals surface area contributed by atoms with E-state index in [1.807, 2.05) is 0 Å². The van der Waals surface area contributed by atoms with Crippen LogP contribution in [0, 0.1) is 0 Å². The number of hydrogen-bond acceptors (Lipinski definition) is 7. The molecule has 3 N–H and O–H groups in total. The van der Waals surface area contributed by atoms with Crippen molar-refractivity contribution in [1.82, 2.24) is 8.68 Å². The van der Waals surface area contributed by atoms with Crippen molar-refractivity contribution in [1.29, 1.82) is 0 Å². The number of nitrogens with zero attached hydrogens (tertiary/aromatic N) is 3. The van der Waals surface area contributed by atoms with E-state index in [0.29, 0.717) is 5.00 Å². The minimum absolute atomic E-state index is 0.00532. The number of anilines is 2. The number of likely N-dealkylation sites (N-methyl/N-ethyl adjacent to an activating group) is 1. The van der Waals surface area contributed by atoms with Gasteiger partial charge in [-0.3, -0.25) is 0 Å². The van der Waals surface area contributed by atoms with Crippen LogP contribution in [0.25, 0.3) is 0 Å². The second kappa shape index (κ2) is 5.23. The Balaban J connectivity index is 3.26. The Hall–Kier alpha value is -0.900. The predicted octanol–water partition coefficient (Wildman–Crippen LogP) is 0.183. The van der Waals surface area contributed by atoms with Crippen molar-refractivity contribution in [3.05, 3.63) is 0 Å². The zero-order valence-electron chi connectivity index (χ0n) is 11.7. The fourth-order valence-electron chi connectivity index (χ4n) is 1.61. The summed E-state index contributed by atoms with van der Waals surface area (Å²) in [6.07, 6.45) is 0. The van der Waals surface area contributed by atoms with Gasteiger partial charge in [0.05, 0.1) is 5.60 Å². The highest BCUT2D eigenvalue weighted by Gasteiger charge is 2.30. The Morgan fingerprint density at radius 2 is 1.89 bits per heavy atom. The van der Waals surface area contributed by atoms with Crippen molar-refractivity contribution in [3.63, 3.8) is 0 Å². The molecule has 0 aliphatic carbocycles. The number of rotatable bonds is 5. The molecule has 19 heavy (non-hydrogen) atoms. The molecule has 7 nitrogen and oxygen atoms in total. The van der Waals surface area contributed by atoms with Crippen molar-refractivity contribution in [2.24, 2.45) is 0 Å². The highest BCUT2D eigenvalue weighted by Crippen LogP contribution is 2.35. The molecule has 0 saturated heterocycles. The van der Waals surface area contributed by atoms with Gasteiger partial charge in [-0.2, -0.15) is 4.37 Å². The van der Waals surface area contributed by atoms with Crippen molar-refractivity contribution in [2.75, 3.05) is 38.3 Å². The van der Waals surface area contributed by atoms with Crippen LogP contribution in [0.5, 0.6) is 0 Å². The van der Waals surface area contributed by atoms with E-state index in [1.165, 1.54) is 14.1 Å². The van der Waals surface area contributed by atoms with Gasteiger partial charge in [-0.15, -0.1) is 0 Å². The van der Waals surface area contributed by atoms with Gasteiger partial charge in [0.25, 0.3) is 0 Å². The maximum Gasteiger partial charge on any atom is 0.249 e. The van der Waals surface area contributed by atoms with Crippen LogP contribution < -0.4 is 10.6 Å². The molecule has 0 spiro atoms. The second-order valence-corrected chi connectivity index (χ2v) is 8.00. The first-order valence-electron chi connectivity index (χ1n) is 5.58. The summed E-state index contributed by atoms with van der Waals surface area (Å²) in [5.74, 6) is -0.0173. The van der Waals surface area contributed by atoms with E-state index < -0.39 is 15.6 Å². The van der Waals surface area contributed by atoms with E-state index in [4.69, 9.17) is 5.73 Å². The summed E-state index contributed by atoms with van der Waals surface area (Å²) in [5.41, 5.74) is 4.72. The van der Waals surface area contributed by atoms with Gasteiger partial charge in [0.1, 0.15) is 5.00 Å². The topological polar surface area (TPSA) is 99.8 Å². The third-order valence-corrected chi connectivity index (χ3v) is 5.35. The van der Waals surface area contributed by atoms with Gasteiger partial charge in [-0.05, 0) is 25.4 Å². The van der Waals surface area contributed by atoms with Gasteiger partial charge in [0.2, 0.25) is 10.0 Å². The lowest BCUT2D eigenvalue weighted by molar-refractivity contribution is 0.0886. The van der Waals surface area contributed by atoms with Crippen molar-refractivity contribution < 1.29 is 13.5 Å². The number of nitrogen functional groups attached to an aromatic ring is 1. The molecule has 0 aliphatic rings. The molecule has 0 aromatic carbocycles. The molecule has 1 aromatic rings. The Bertz CT molecular complexity index is 546. The lowest BCUT2D eigenvalue weighted by Gasteiger charge is -2.26. The molecular weight excluding hydrogens is 288 g/mol. The molecule has 0 atom stereocenters. The minimum Gasteiger partial charge on any atom is -0.389 e. The van der Waals surface area contributed by atoms with Gasteiger partial charge in [-0.1, -0.05) is 0 Å². The van der Waals surface area contributed by atoms with E-state index in [2.05, 4.69) is 4.37 Å². The SMILES string of the molecule is CN(CC(C)(C)O)c1snc(N)c1S(=O)(=O)N(C)C. The van der Waals surface area contributed by atoms with E-state index in [9.17, 15) is 13.5 Å².